The van der Waals surface area contributed by atoms with Crippen LogP contribution in [0.15, 0.2) is 54.6 Å². The average Bonchev–Trinajstić information content (AvgIpc) is 3.00. The molecule has 2 aromatic carbocycles. The van der Waals surface area contributed by atoms with Gasteiger partial charge in [0.1, 0.15) is 0 Å². The molecule has 1 heterocycles. The van der Waals surface area contributed by atoms with Crippen LogP contribution >= 0.6 is 11.6 Å². The van der Waals surface area contributed by atoms with E-state index in [-0.39, 0.29) is 22.1 Å². The van der Waals surface area contributed by atoms with E-state index >= 15 is 0 Å². The molecular formula is C21H17ClN2O5. The van der Waals surface area contributed by atoms with Crippen LogP contribution in [0.1, 0.15) is 32.1 Å². The summed E-state index contributed by atoms with van der Waals surface area (Å²) in [4.78, 5) is 35.1. The number of ketones is 1. The van der Waals surface area contributed by atoms with Crippen LogP contribution in [-0.2, 0) is 4.74 Å². The lowest BCUT2D eigenvalue weighted by molar-refractivity contribution is -0.384. The third kappa shape index (κ3) is 4.20. The number of esters is 1. The topological polar surface area (TPSA) is 91.4 Å². The Kier molecular flexibility index (Phi) is 5.79. The molecule has 0 radical (unpaired) electrons. The molecule has 0 fully saturated rings. The largest absolute Gasteiger partial charge is 0.454 e. The van der Waals surface area contributed by atoms with Gasteiger partial charge in [0, 0.05) is 34.8 Å². The second kappa shape index (κ2) is 8.28. The molecule has 0 N–H and O–H groups in total. The fourth-order valence-corrected chi connectivity index (χ4v) is 3.28. The van der Waals surface area contributed by atoms with E-state index in [0.29, 0.717) is 5.56 Å². The predicted molar refractivity (Wildman–Crippen MR) is 108 cm³/mol. The van der Waals surface area contributed by atoms with Gasteiger partial charge in [-0.2, -0.15) is 0 Å². The first-order chi connectivity index (χ1) is 13.8. The van der Waals surface area contributed by atoms with Crippen LogP contribution in [0.5, 0.6) is 0 Å². The van der Waals surface area contributed by atoms with Gasteiger partial charge in [0.25, 0.3) is 5.69 Å². The molecule has 29 heavy (non-hydrogen) atoms. The summed E-state index contributed by atoms with van der Waals surface area (Å²) in [5, 5.41) is 10.9. The van der Waals surface area contributed by atoms with Gasteiger partial charge < -0.3 is 9.30 Å². The first kappa shape index (κ1) is 20.3. The fourth-order valence-electron chi connectivity index (χ4n) is 3.09. The highest BCUT2D eigenvalue weighted by Crippen LogP contribution is 2.24. The Morgan fingerprint density at radius 1 is 1.07 bits per heavy atom. The number of Topliss-reactive ketones (excluding diaryl/α,β-unsaturated/α-hetero) is 1. The highest BCUT2D eigenvalue weighted by atomic mass is 35.5. The number of ether oxygens (including phenoxy) is 1. The monoisotopic (exact) mass is 412 g/mol. The van der Waals surface area contributed by atoms with Gasteiger partial charge in [-0.05, 0) is 38.1 Å². The molecule has 1 aromatic heterocycles. The van der Waals surface area contributed by atoms with Gasteiger partial charge in [-0.3, -0.25) is 14.9 Å². The minimum Gasteiger partial charge on any atom is -0.454 e. The van der Waals surface area contributed by atoms with Crippen LogP contribution in [0.4, 0.5) is 5.69 Å². The Hall–Kier alpha value is -3.45. The van der Waals surface area contributed by atoms with Crippen LogP contribution in [0.3, 0.4) is 0 Å². The van der Waals surface area contributed by atoms with Crippen molar-refractivity contribution in [1.29, 1.82) is 0 Å². The van der Waals surface area contributed by atoms with Crippen molar-refractivity contribution in [3.63, 3.8) is 0 Å². The first-order valence-electron chi connectivity index (χ1n) is 8.68. The molecule has 0 saturated heterocycles. The van der Waals surface area contributed by atoms with Crippen molar-refractivity contribution in [2.75, 3.05) is 6.61 Å². The van der Waals surface area contributed by atoms with E-state index in [1.165, 1.54) is 12.1 Å². The minimum atomic E-state index is -0.899. The number of carbonyl (C=O) groups excluding carboxylic acids is 2. The quantitative estimate of drug-likeness (QED) is 0.253. The van der Waals surface area contributed by atoms with Gasteiger partial charge in [0.05, 0.1) is 15.5 Å². The van der Waals surface area contributed by atoms with E-state index < -0.39 is 17.5 Å². The van der Waals surface area contributed by atoms with Gasteiger partial charge in [0.15, 0.2) is 6.61 Å². The average molecular weight is 413 g/mol. The number of carbonyl (C=O) groups is 2. The molecule has 0 aliphatic heterocycles. The maximum Gasteiger partial charge on any atom is 0.340 e. The molecule has 148 valence electrons. The zero-order valence-electron chi connectivity index (χ0n) is 15.7. The number of hydrogen-bond donors (Lipinski definition) is 0. The minimum absolute atomic E-state index is 0.00954. The van der Waals surface area contributed by atoms with Crippen LogP contribution in [0.2, 0.25) is 5.02 Å². The summed E-state index contributed by atoms with van der Waals surface area (Å²) >= 11 is 5.93. The van der Waals surface area contributed by atoms with Crippen LogP contribution in [-0.4, -0.2) is 27.8 Å². The third-order valence-electron chi connectivity index (χ3n) is 4.46. The van der Waals surface area contributed by atoms with E-state index in [1.807, 2.05) is 48.7 Å². The van der Waals surface area contributed by atoms with Crippen molar-refractivity contribution in [2.45, 2.75) is 13.8 Å². The number of benzene rings is 2. The van der Waals surface area contributed by atoms with Crippen molar-refractivity contribution < 1.29 is 19.2 Å². The molecule has 3 aromatic rings. The van der Waals surface area contributed by atoms with Crippen LogP contribution < -0.4 is 0 Å². The third-order valence-corrected chi connectivity index (χ3v) is 4.79. The number of non-ortho nitro benzene ring substituents is 1. The van der Waals surface area contributed by atoms with Crippen LogP contribution in [0.25, 0.3) is 5.69 Å². The number of hydrogen-bond acceptors (Lipinski definition) is 5. The normalized spacial score (nSPS) is 10.6. The summed E-state index contributed by atoms with van der Waals surface area (Å²) in [6, 6.07) is 14.8. The molecule has 0 saturated carbocycles. The molecule has 3 rings (SSSR count). The van der Waals surface area contributed by atoms with Crippen LogP contribution in [0, 0.1) is 24.0 Å². The van der Waals surface area contributed by atoms with Gasteiger partial charge in [-0.15, -0.1) is 0 Å². The molecule has 8 heteroatoms. The van der Waals surface area contributed by atoms with Gasteiger partial charge in [0.2, 0.25) is 5.78 Å². The maximum atomic E-state index is 12.6. The summed E-state index contributed by atoms with van der Waals surface area (Å²) in [5.41, 5.74) is 2.49. The van der Waals surface area contributed by atoms with Crippen molar-refractivity contribution >= 4 is 29.0 Å². The molecule has 0 bridgehead atoms. The zero-order chi connectivity index (χ0) is 21.1. The second-order valence-electron chi connectivity index (χ2n) is 6.38. The summed E-state index contributed by atoms with van der Waals surface area (Å²) in [5.74, 6) is -1.28. The molecule has 0 spiro atoms. The standard InChI is InChI=1S/C21H17ClN2O5/c1-13-10-17(14(2)23(13)15-6-4-3-5-7-15)20(25)12-29-21(26)18-11-16(24(27)28)8-9-19(18)22/h3-11H,12H2,1-2H3. The Labute approximate surface area is 171 Å². The van der Waals surface area contributed by atoms with E-state index in [1.54, 1.807) is 6.07 Å². The van der Waals surface area contributed by atoms with Gasteiger partial charge in [-0.1, -0.05) is 29.8 Å². The number of nitro benzene ring substituents is 1. The highest BCUT2D eigenvalue weighted by molar-refractivity contribution is 6.33. The highest BCUT2D eigenvalue weighted by Gasteiger charge is 2.21. The van der Waals surface area contributed by atoms with E-state index in [4.69, 9.17) is 16.3 Å². The molecule has 0 amide bonds. The van der Waals surface area contributed by atoms with Crippen molar-refractivity contribution in [1.82, 2.24) is 4.57 Å². The number of nitrogens with zero attached hydrogens (tertiary/aromatic N) is 2. The Bertz CT molecular complexity index is 1110. The van der Waals surface area contributed by atoms with E-state index in [9.17, 15) is 19.7 Å². The molecule has 7 nitrogen and oxygen atoms in total. The Balaban J connectivity index is 1.78. The number of nitro groups is 1. The number of aryl methyl sites for hydroxylation is 1. The Morgan fingerprint density at radius 2 is 1.76 bits per heavy atom. The fraction of sp³-hybridized carbons (Fsp3) is 0.143. The lowest BCUT2D eigenvalue weighted by Crippen LogP contribution is -2.15. The maximum absolute atomic E-state index is 12.6. The molecule has 0 aliphatic carbocycles. The van der Waals surface area contributed by atoms with Gasteiger partial charge >= 0.3 is 5.97 Å². The Morgan fingerprint density at radius 3 is 2.41 bits per heavy atom. The number of halogens is 1. The predicted octanol–water partition coefficient (Wildman–Crippen LogP) is 4.70. The first-order valence-corrected chi connectivity index (χ1v) is 9.06. The molecule has 0 aliphatic rings. The smallest absolute Gasteiger partial charge is 0.340 e. The lowest BCUT2D eigenvalue weighted by Gasteiger charge is -2.10. The summed E-state index contributed by atoms with van der Waals surface area (Å²) in [7, 11) is 0. The summed E-state index contributed by atoms with van der Waals surface area (Å²) in [6.07, 6.45) is 0. The molecule has 0 unspecified atom stereocenters. The molecular weight excluding hydrogens is 396 g/mol. The zero-order valence-corrected chi connectivity index (χ0v) is 16.5. The summed E-state index contributed by atoms with van der Waals surface area (Å²) < 4.78 is 7.00. The van der Waals surface area contributed by atoms with E-state index in [2.05, 4.69) is 0 Å². The SMILES string of the molecule is Cc1cc(C(=O)COC(=O)c2cc([N+](=O)[O-])ccc2Cl)c(C)n1-c1ccccc1. The van der Waals surface area contributed by atoms with Crippen molar-refractivity contribution in [3.05, 3.63) is 92.2 Å². The second-order valence-corrected chi connectivity index (χ2v) is 6.78. The van der Waals surface area contributed by atoms with Crippen molar-refractivity contribution in [3.8, 4) is 5.69 Å². The number of para-hydroxylation sites is 1. The van der Waals surface area contributed by atoms with E-state index in [0.717, 1.165) is 23.1 Å². The lowest BCUT2D eigenvalue weighted by atomic mass is 10.1. The van der Waals surface area contributed by atoms with Gasteiger partial charge in [-0.25, -0.2) is 4.79 Å². The number of rotatable bonds is 6. The number of aromatic nitrogens is 1. The summed E-state index contributed by atoms with van der Waals surface area (Å²) in [6.45, 7) is 3.19. The van der Waals surface area contributed by atoms with Crippen molar-refractivity contribution in [2.24, 2.45) is 0 Å². The molecule has 0 atom stereocenters.